The molecule has 0 amide bonds. The number of nitrogens with one attached hydrogen (secondary N) is 2. The average Bonchev–Trinajstić information content (AvgIpc) is 2.62. The molecule has 0 saturated carbocycles. The van der Waals surface area contributed by atoms with Crippen molar-refractivity contribution < 1.29 is 4.79 Å². The van der Waals surface area contributed by atoms with Crippen LogP contribution in [0.2, 0.25) is 0 Å². The van der Waals surface area contributed by atoms with Crippen LogP contribution in [-0.2, 0) is 4.79 Å². The summed E-state index contributed by atoms with van der Waals surface area (Å²) in [7, 11) is 0. The topological polar surface area (TPSA) is 41.1 Å². The molecule has 0 fully saturated rings. The molecule has 74 valence electrons. The average molecular weight is 198 g/mol. The molecule has 2 aliphatic rings. The molecule has 1 spiro atoms. The summed E-state index contributed by atoms with van der Waals surface area (Å²) >= 11 is 0. The fourth-order valence-electron chi connectivity index (χ4n) is 1.92. The Morgan fingerprint density at radius 1 is 1.00 bits per heavy atom. The van der Waals surface area contributed by atoms with Crippen LogP contribution in [0.5, 0.6) is 0 Å². The summed E-state index contributed by atoms with van der Waals surface area (Å²) < 4.78 is 0. The minimum absolute atomic E-state index is 0.0289. The van der Waals surface area contributed by atoms with Crippen LogP contribution < -0.4 is 10.6 Å². The zero-order valence-corrected chi connectivity index (χ0v) is 8.03. The second-order valence-corrected chi connectivity index (χ2v) is 3.69. The highest BCUT2D eigenvalue weighted by atomic mass is 16.1. The van der Waals surface area contributed by atoms with Gasteiger partial charge in [0.05, 0.1) is 11.4 Å². The van der Waals surface area contributed by atoms with Crippen molar-refractivity contribution in [2.45, 2.75) is 5.66 Å². The lowest BCUT2D eigenvalue weighted by atomic mass is 10.0. The third kappa shape index (κ3) is 1.09. The lowest BCUT2D eigenvalue weighted by Crippen LogP contribution is -2.47. The van der Waals surface area contributed by atoms with Crippen LogP contribution in [0.15, 0.2) is 48.6 Å². The molecule has 1 aromatic rings. The van der Waals surface area contributed by atoms with Gasteiger partial charge >= 0.3 is 0 Å². The van der Waals surface area contributed by atoms with Gasteiger partial charge in [0, 0.05) is 0 Å². The van der Waals surface area contributed by atoms with Crippen molar-refractivity contribution in [3.05, 3.63) is 48.6 Å². The number of anilines is 2. The summed E-state index contributed by atoms with van der Waals surface area (Å²) in [4.78, 5) is 11.8. The molecule has 0 atom stereocenters. The minimum atomic E-state index is -0.765. The number of hydrogen-bond donors (Lipinski definition) is 2. The molecule has 0 aromatic heterocycles. The van der Waals surface area contributed by atoms with E-state index in [2.05, 4.69) is 10.6 Å². The molecule has 1 aromatic carbocycles. The highest BCUT2D eigenvalue weighted by Crippen LogP contribution is 2.35. The van der Waals surface area contributed by atoms with E-state index < -0.39 is 5.66 Å². The molecule has 1 aliphatic heterocycles. The third-order valence-electron chi connectivity index (χ3n) is 2.68. The second kappa shape index (κ2) is 2.73. The number of rotatable bonds is 0. The Morgan fingerprint density at radius 2 is 1.67 bits per heavy atom. The number of fused-ring (bicyclic) bond motifs is 1. The summed E-state index contributed by atoms with van der Waals surface area (Å²) in [6.07, 6.45) is 7.04. The second-order valence-electron chi connectivity index (χ2n) is 3.69. The van der Waals surface area contributed by atoms with Gasteiger partial charge in [-0.2, -0.15) is 0 Å². The molecule has 3 nitrogen and oxygen atoms in total. The fourth-order valence-corrected chi connectivity index (χ4v) is 1.92. The monoisotopic (exact) mass is 198 g/mol. The van der Waals surface area contributed by atoms with E-state index in [4.69, 9.17) is 0 Å². The molecule has 0 unspecified atom stereocenters. The number of allylic oxidation sites excluding steroid dienone is 2. The van der Waals surface area contributed by atoms with Crippen molar-refractivity contribution in [1.29, 1.82) is 0 Å². The molecule has 3 heteroatoms. The first-order chi connectivity index (χ1) is 7.30. The summed E-state index contributed by atoms with van der Waals surface area (Å²) in [6, 6.07) is 7.80. The van der Waals surface area contributed by atoms with Crippen LogP contribution in [0, 0.1) is 0 Å². The van der Waals surface area contributed by atoms with Gasteiger partial charge in [-0.15, -0.1) is 0 Å². The van der Waals surface area contributed by atoms with Crippen molar-refractivity contribution in [3.8, 4) is 0 Å². The van der Waals surface area contributed by atoms with Crippen LogP contribution in [-0.4, -0.2) is 11.4 Å². The van der Waals surface area contributed by atoms with Crippen LogP contribution in [0.3, 0.4) is 0 Å². The highest BCUT2D eigenvalue weighted by molar-refractivity contribution is 6.07. The molecular weight excluding hydrogens is 188 g/mol. The number of ketones is 1. The maximum absolute atomic E-state index is 11.8. The van der Waals surface area contributed by atoms with Crippen LogP contribution in [0.25, 0.3) is 0 Å². The predicted molar refractivity (Wildman–Crippen MR) is 59.7 cm³/mol. The Balaban J connectivity index is 2.05. The lowest BCUT2D eigenvalue weighted by Gasteiger charge is -2.25. The zero-order valence-electron chi connectivity index (χ0n) is 8.03. The van der Waals surface area contributed by atoms with E-state index in [-0.39, 0.29) is 5.78 Å². The van der Waals surface area contributed by atoms with Crippen LogP contribution >= 0.6 is 0 Å². The Bertz CT molecular complexity index is 463. The normalized spacial score (nSPS) is 19.9. The van der Waals surface area contributed by atoms with Gasteiger partial charge < -0.3 is 10.6 Å². The number of hydrogen-bond acceptors (Lipinski definition) is 3. The Labute approximate surface area is 87.5 Å². The van der Waals surface area contributed by atoms with Gasteiger partial charge in [-0.25, -0.2) is 0 Å². The largest absolute Gasteiger partial charge is 0.351 e. The Morgan fingerprint density at radius 3 is 2.27 bits per heavy atom. The van der Waals surface area contributed by atoms with Gasteiger partial charge in [-0.1, -0.05) is 24.3 Å². The maximum Gasteiger partial charge on any atom is 0.205 e. The molecule has 1 heterocycles. The zero-order chi connectivity index (χ0) is 10.3. The SMILES string of the molecule is O=C1C=CC=CC12Nc1ccccc1N2. The molecule has 0 radical (unpaired) electrons. The van der Waals surface area contributed by atoms with Gasteiger partial charge in [0.1, 0.15) is 0 Å². The maximum atomic E-state index is 11.8. The number of carbonyl (C=O) groups excluding carboxylic acids is 1. The number of carbonyl (C=O) groups is 1. The number of para-hydroxylation sites is 2. The van der Waals surface area contributed by atoms with E-state index in [1.54, 1.807) is 12.2 Å². The van der Waals surface area contributed by atoms with Gasteiger partial charge in [-0.3, -0.25) is 4.79 Å². The molecule has 15 heavy (non-hydrogen) atoms. The molecule has 0 saturated heterocycles. The summed E-state index contributed by atoms with van der Waals surface area (Å²) in [5.74, 6) is 0.0289. The van der Waals surface area contributed by atoms with Crippen molar-refractivity contribution in [1.82, 2.24) is 0 Å². The van der Waals surface area contributed by atoms with Crippen molar-refractivity contribution in [2.24, 2.45) is 0 Å². The van der Waals surface area contributed by atoms with Gasteiger partial charge in [-0.05, 0) is 24.3 Å². The smallest absolute Gasteiger partial charge is 0.205 e. The van der Waals surface area contributed by atoms with Crippen molar-refractivity contribution in [3.63, 3.8) is 0 Å². The predicted octanol–water partition coefficient (Wildman–Crippen LogP) is 1.92. The summed E-state index contributed by atoms with van der Waals surface area (Å²) in [5, 5.41) is 6.40. The van der Waals surface area contributed by atoms with Crippen LogP contribution in [0.4, 0.5) is 11.4 Å². The fraction of sp³-hybridized carbons (Fsp3) is 0.0833. The number of benzene rings is 1. The molecule has 3 rings (SSSR count). The van der Waals surface area contributed by atoms with E-state index >= 15 is 0 Å². The van der Waals surface area contributed by atoms with Crippen molar-refractivity contribution in [2.75, 3.05) is 10.6 Å². The molecular formula is C12H10N2O. The minimum Gasteiger partial charge on any atom is -0.351 e. The summed E-state index contributed by atoms with van der Waals surface area (Å²) in [5.41, 5.74) is 1.16. The van der Waals surface area contributed by atoms with E-state index in [1.807, 2.05) is 36.4 Å². The lowest BCUT2D eigenvalue weighted by molar-refractivity contribution is -0.116. The Hall–Kier alpha value is -2.03. The van der Waals surface area contributed by atoms with E-state index in [1.165, 1.54) is 0 Å². The van der Waals surface area contributed by atoms with Gasteiger partial charge in [0.15, 0.2) is 5.66 Å². The highest BCUT2D eigenvalue weighted by Gasteiger charge is 2.40. The van der Waals surface area contributed by atoms with Crippen molar-refractivity contribution >= 4 is 17.2 Å². The standard InChI is InChI=1S/C12H10N2O/c15-11-7-3-4-8-12(11)13-9-5-1-2-6-10(9)14-12/h1-8,13-14H. The third-order valence-corrected chi connectivity index (χ3v) is 2.68. The Kier molecular flexibility index (Phi) is 1.51. The molecule has 0 bridgehead atoms. The van der Waals surface area contributed by atoms with E-state index in [0.29, 0.717) is 0 Å². The molecule has 2 N–H and O–H groups in total. The van der Waals surface area contributed by atoms with E-state index in [9.17, 15) is 4.79 Å². The molecule has 1 aliphatic carbocycles. The van der Waals surface area contributed by atoms with E-state index in [0.717, 1.165) is 11.4 Å². The van der Waals surface area contributed by atoms with Gasteiger partial charge in [0.25, 0.3) is 0 Å². The quantitative estimate of drug-likeness (QED) is 0.669. The first-order valence-corrected chi connectivity index (χ1v) is 4.86. The van der Waals surface area contributed by atoms with Crippen LogP contribution in [0.1, 0.15) is 0 Å². The first kappa shape index (κ1) is 8.29. The first-order valence-electron chi connectivity index (χ1n) is 4.86. The summed E-state index contributed by atoms with van der Waals surface area (Å²) in [6.45, 7) is 0. The van der Waals surface area contributed by atoms with Gasteiger partial charge in [0.2, 0.25) is 5.78 Å².